The largest absolute Gasteiger partial charge is 0.369 e. The predicted molar refractivity (Wildman–Crippen MR) is 74.3 cm³/mol. The summed E-state index contributed by atoms with van der Waals surface area (Å²) < 4.78 is 0. The molecule has 0 aromatic carbocycles. The third-order valence-corrected chi connectivity index (χ3v) is 4.84. The topological polar surface area (TPSA) is 72.3 Å². The van der Waals surface area contributed by atoms with Crippen molar-refractivity contribution in [2.24, 2.45) is 17.4 Å². The minimum atomic E-state index is -0.182. The molecule has 1 aromatic rings. The van der Waals surface area contributed by atoms with Crippen molar-refractivity contribution in [3.05, 3.63) is 21.9 Å². The number of nitrogens with zero attached hydrogens (tertiary/aromatic N) is 1. The van der Waals surface area contributed by atoms with Gasteiger partial charge in [0.25, 0.3) is 0 Å². The van der Waals surface area contributed by atoms with Gasteiger partial charge in [0.2, 0.25) is 5.91 Å². The zero-order valence-corrected chi connectivity index (χ0v) is 11.6. The lowest BCUT2D eigenvalue weighted by molar-refractivity contribution is -0.123. The predicted octanol–water partition coefficient (Wildman–Crippen LogP) is 1.25. The van der Waals surface area contributed by atoms with E-state index in [-0.39, 0.29) is 17.9 Å². The summed E-state index contributed by atoms with van der Waals surface area (Å²) >= 11 is 1.75. The van der Waals surface area contributed by atoms with Crippen LogP contribution in [0.4, 0.5) is 0 Å². The highest BCUT2D eigenvalue weighted by molar-refractivity contribution is 7.10. The first-order valence-corrected chi connectivity index (χ1v) is 7.29. The van der Waals surface area contributed by atoms with Crippen LogP contribution in [0.2, 0.25) is 0 Å². The number of primary amides is 1. The van der Waals surface area contributed by atoms with Crippen molar-refractivity contribution >= 4 is 17.2 Å². The molecule has 2 rings (SSSR count). The molecule has 0 radical (unpaired) electrons. The maximum atomic E-state index is 11.3. The number of carbonyl (C=O) groups is 1. The summed E-state index contributed by atoms with van der Waals surface area (Å²) in [5.74, 6) is -0.202. The fourth-order valence-electron chi connectivity index (χ4n) is 2.67. The number of rotatable bonds is 4. The van der Waals surface area contributed by atoms with Crippen molar-refractivity contribution in [1.82, 2.24) is 4.90 Å². The van der Waals surface area contributed by atoms with Crippen molar-refractivity contribution in [2.45, 2.75) is 25.8 Å². The van der Waals surface area contributed by atoms with E-state index >= 15 is 0 Å². The number of aryl methyl sites for hydroxylation is 1. The van der Waals surface area contributed by atoms with Crippen LogP contribution >= 0.6 is 11.3 Å². The van der Waals surface area contributed by atoms with Gasteiger partial charge < -0.3 is 11.5 Å². The van der Waals surface area contributed by atoms with E-state index in [0.717, 1.165) is 25.9 Å². The van der Waals surface area contributed by atoms with Gasteiger partial charge in [-0.1, -0.05) is 0 Å². The van der Waals surface area contributed by atoms with Crippen LogP contribution in [0.3, 0.4) is 0 Å². The fraction of sp³-hybridized carbons (Fsp3) is 0.615. The molecule has 1 aliphatic heterocycles. The van der Waals surface area contributed by atoms with Crippen LogP contribution in [0, 0.1) is 12.8 Å². The van der Waals surface area contributed by atoms with Crippen LogP contribution in [0.25, 0.3) is 0 Å². The molecule has 1 aliphatic rings. The second-order valence-corrected chi connectivity index (χ2v) is 5.90. The highest BCUT2D eigenvalue weighted by Gasteiger charge is 2.29. The average Bonchev–Trinajstić information content (AvgIpc) is 2.77. The van der Waals surface area contributed by atoms with Gasteiger partial charge >= 0.3 is 0 Å². The molecule has 1 fully saturated rings. The summed E-state index contributed by atoms with van der Waals surface area (Å²) in [4.78, 5) is 15.0. The second-order valence-electron chi connectivity index (χ2n) is 4.96. The Morgan fingerprint density at radius 2 is 2.44 bits per heavy atom. The van der Waals surface area contributed by atoms with Gasteiger partial charge in [0.1, 0.15) is 0 Å². The minimum absolute atomic E-state index is 0.0203. The van der Waals surface area contributed by atoms with Crippen LogP contribution in [-0.4, -0.2) is 30.4 Å². The standard InChI is InChI=1S/C13H21N3OS/c1-9-4-6-18-12(9)11(7-14)16-5-2-3-10(8-16)13(15)17/h4,6,10-11H,2-3,5,7-8,14H2,1H3,(H2,15,17). The smallest absolute Gasteiger partial charge is 0.221 e. The maximum absolute atomic E-state index is 11.3. The van der Waals surface area contributed by atoms with E-state index in [2.05, 4.69) is 23.3 Å². The molecule has 1 saturated heterocycles. The Labute approximate surface area is 112 Å². The molecule has 2 heterocycles. The van der Waals surface area contributed by atoms with Crippen molar-refractivity contribution in [2.75, 3.05) is 19.6 Å². The van der Waals surface area contributed by atoms with Crippen LogP contribution in [0.15, 0.2) is 11.4 Å². The first kappa shape index (κ1) is 13.5. The number of piperidine rings is 1. The average molecular weight is 267 g/mol. The zero-order chi connectivity index (χ0) is 13.1. The van der Waals surface area contributed by atoms with Gasteiger partial charge in [-0.2, -0.15) is 0 Å². The maximum Gasteiger partial charge on any atom is 0.221 e. The van der Waals surface area contributed by atoms with Gasteiger partial charge in [-0.25, -0.2) is 0 Å². The molecule has 1 aromatic heterocycles. The van der Waals surface area contributed by atoms with E-state index in [1.165, 1.54) is 10.4 Å². The Morgan fingerprint density at radius 3 is 3.00 bits per heavy atom. The number of nitrogens with two attached hydrogens (primary N) is 2. The first-order chi connectivity index (χ1) is 8.63. The lowest BCUT2D eigenvalue weighted by Crippen LogP contribution is -2.44. The lowest BCUT2D eigenvalue weighted by atomic mass is 9.95. The monoisotopic (exact) mass is 267 g/mol. The SMILES string of the molecule is Cc1ccsc1C(CN)N1CCCC(C(N)=O)C1. The van der Waals surface area contributed by atoms with Gasteiger partial charge in [0, 0.05) is 18.0 Å². The molecule has 100 valence electrons. The molecule has 18 heavy (non-hydrogen) atoms. The summed E-state index contributed by atoms with van der Waals surface area (Å²) in [6.07, 6.45) is 1.93. The fourth-order valence-corrected chi connectivity index (χ4v) is 3.74. The van der Waals surface area contributed by atoms with E-state index in [0.29, 0.717) is 6.54 Å². The van der Waals surface area contributed by atoms with E-state index in [4.69, 9.17) is 11.5 Å². The number of hydrogen-bond donors (Lipinski definition) is 2. The lowest BCUT2D eigenvalue weighted by Gasteiger charge is -2.36. The normalized spacial score (nSPS) is 22.9. The minimum Gasteiger partial charge on any atom is -0.369 e. The number of likely N-dealkylation sites (tertiary alicyclic amines) is 1. The molecule has 2 atom stereocenters. The molecular weight excluding hydrogens is 246 g/mol. The number of thiophene rings is 1. The Kier molecular flexibility index (Phi) is 4.37. The third kappa shape index (κ3) is 2.74. The molecule has 0 spiro atoms. The Balaban J connectivity index is 2.13. The van der Waals surface area contributed by atoms with Crippen molar-refractivity contribution in [3.63, 3.8) is 0 Å². The Hall–Kier alpha value is -0.910. The van der Waals surface area contributed by atoms with Gasteiger partial charge in [0.15, 0.2) is 0 Å². The third-order valence-electron chi connectivity index (χ3n) is 3.72. The molecule has 0 aliphatic carbocycles. The molecule has 5 heteroatoms. The highest BCUT2D eigenvalue weighted by atomic mass is 32.1. The highest BCUT2D eigenvalue weighted by Crippen LogP contribution is 2.31. The van der Waals surface area contributed by atoms with Crippen molar-refractivity contribution in [1.29, 1.82) is 0 Å². The number of carbonyl (C=O) groups excluding carboxylic acids is 1. The van der Waals surface area contributed by atoms with E-state index < -0.39 is 0 Å². The first-order valence-electron chi connectivity index (χ1n) is 6.41. The molecule has 4 nitrogen and oxygen atoms in total. The summed E-state index contributed by atoms with van der Waals surface area (Å²) in [5, 5.41) is 2.10. The zero-order valence-electron chi connectivity index (χ0n) is 10.8. The van der Waals surface area contributed by atoms with E-state index in [1.807, 2.05) is 0 Å². The van der Waals surface area contributed by atoms with E-state index in [1.54, 1.807) is 11.3 Å². The summed E-state index contributed by atoms with van der Waals surface area (Å²) in [6.45, 7) is 4.45. The van der Waals surface area contributed by atoms with Gasteiger partial charge in [0.05, 0.1) is 12.0 Å². The Morgan fingerprint density at radius 1 is 1.67 bits per heavy atom. The summed E-state index contributed by atoms with van der Waals surface area (Å²) in [7, 11) is 0. The molecular formula is C13H21N3OS. The van der Waals surface area contributed by atoms with Gasteiger partial charge in [-0.05, 0) is 43.3 Å². The number of amides is 1. The van der Waals surface area contributed by atoms with Crippen LogP contribution in [0.1, 0.15) is 29.3 Å². The summed E-state index contributed by atoms with van der Waals surface area (Å²) in [5.41, 5.74) is 12.6. The van der Waals surface area contributed by atoms with Crippen molar-refractivity contribution in [3.8, 4) is 0 Å². The molecule has 4 N–H and O–H groups in total. The quantitative estimate of drug-likeness (QED) is 0.862. The number of hydrogen-bond acceptors (Lipinski definition) is 4. The molecule has 1 amide bonds. The van der Waals surface area contributed by atoms with Gasteiger partial charge in [-0.3, -0.25) is 9.69 Å². The second kappa shape index (κ2) is 5.82. The molecule has 0 bridgehead atoms. The van der Waals surface area contributed by atoms with Crippen molar-refractivity contribution < 1.29 is 4.79 Å². The van der Waals surface area contributed by atoms with Crippen LogP contribution in [0.5, 0.6) is 0 Å². The summed E-state index contributed by atoms with van der Waals surface area (Å²) in [6, 6.07) is 2.35. The van der Waals surface area contributed by atoms with Crippen LogP contribution in [-0.2, 0) is 4.79 Å². The van der Waals surface area contributed by atoms with E-state index in [9.17, 15) is 4.79 Å². The molecule has 2 unspecified atom stereocenters. The van der Waals surface area contributed by atoms with Crippen LogP contribution < -0.4 is 11.5 Å². The molecule has 0 saturated carbocycles. The Bertz CT molecular complexity index is 418. The van der Waals surface area contributed by atoms with Gasteiger partial charge in [-0.15, -0.1) is 11.3 Å².